The Labute approximate surface area is 137 Å². The number of benzene rings is 1. The van der Waals surface area contributed by atoms with Crippen molar-refractivity contribution in [3.63, 3.8) is 0 Å². The van der Waals surface area contributed by atoms with Gasteiger partial charge in [0.1, 0.15) is 5.75 Å². The third-order valence-electron chi connectivity index (χ3n) is 3.65. The van der Waals surface area contributed by atoms with Crippen LogP contribution in [0.3, 0.4) is 0 Å². The Bertz CT molecular complexity index is 413. The maximum Gasteiger partial charge on any atom is 0.118 e. The largest absolute Gasteiger partial charge is 0.497 e. The average Bonchev–Trinajstić information content (AvgIpc) is 2.48. The monoisotopic (exact) mass is 326 g/mol. The third-order valence-corrected chi connectivity index (χ3v) is 6.90. The molecule has 0 spiro atoms. The van der Waals surface area contributed by atoms with Gasteiger partial charge in [0.05, 0.1) is 17.8 Å². The van der Waals surface area contributed by atoms with Crippen LogP contribution in [-0.2, 0) is 11.3 Å². The van der Waals surface area contributed by atoms with Crippen molar-refractivity contribution in [2.24, 2.45) is 5.92 Å². The summed E-state index contributed by atoms with van der Waals surface area (Å²) in [6.45, 7) is 6.21. The Hall–Kier alpha value is -0.320. The van der Waals surface area contributed by atoms with Gasteiger partial charge in [-0.25, -0.2) is 0 Å². The molecule has 1 atom stereocenters. The predicted octanol–water partition coefficient (Wildman–Crippen LogP) is 4.82. The molecular formula is C17H26O2S2. The normalized spacial score (nSPS) is 19.2. The van der Waals surface area contributed by atoms with E-state index in [0.717, 1.165) is 12.4 Å². The molecule has 2 rings (SSSR count). The summed E-state index contributed by atoms with van der Waals surface area (Å²) in [5, 5.41) is 0. The van der Waals surface area contributed by atoms with E-state index < -0.39 is 0 Å². The number of methoxy groups -OCH3 is 1. The highest BCUT2D eigenvalue weighted by molar-refractivity contribution is 8.18. The van der Waals surface area contributed by atoms with E-state index in [9.17, 15) is 0 Å². The first-order valence-corrected chi connectivity index (χ1v) is 9.57. The topological polar surface area (TPSA) is 18.5 Å². The summed E-state index contributed by atoms with van der Waals surface area (Å²) in [4.78, 5) is 0. The number of thioether (sulfide) groups is 2. The van der Waals surface area contributed by atoms with Crippen LogP contribution in [0, 0.1) is 5.92 Å². The SMILES string of the molecule is COc1ccc(COC[C@@H](C)CC2(C)SCCCS2)cc1. The molecule has 2 nitrogen and oxygen atoms in total. The van der Waals surface area contributed by atoms with Crippen molar-refractivity contribution < 1.29 is 9.47 Å². The maximum absolute atomic E-state index is 5.88. The Morgan fingerprint density at radius 3 is 2.48 bits per heavy atom. The molecule has 0 radical (unpaired) electrons. The van der Waals surface area contributed by atoms with Gasteiger partial charge < -0.3 is 9.47 Å². The van der Waals surface area contributed by atoms with Gasteiger partial charge in [-0.2, -0.15) is 0 Å². The van der Waals surface area contributed by atoms with Crippen molar-refractivity contribution in [3.05, 3.63) is 29.8 Å². The zero-order valence-corrected chi connectivity index (χ0v) is 14.9. The van der Waals surface area contributed by atoms with Crippen LogP contribution in [0.25, 0.3) is 0 Å². The van der Waals surface area contributed by atoms with E-state index in [-0.39, 0.29) is 0 Å². The second-order valence-electron chi connectivity index (χ2n) is 5.86. The Balaban J connectivity index is 1.69. The summed E-state index contributed by atoms with van der Waals surface area (Å²) in [6, 6.07) is 8.10. The molecule has 1 saturated heterocycles. The lowest BCUT2D eigenvalue weighted by Crippen LogP contribution is -2.25. The highest BCUT2D eigenvalue weighted by Crippen LogP contribution is 2.45. The Morgan fingerprint density at radius 2 is 1.86 bits per heavy atom. The van der Waals surface area contributed by atoms with Gasteiger partial charge in [-0.1, -0.05) is 19.1 Å². The predicted molar refractivity (Wildman–Crippen MR) is 94.4 cm³/mol. The molecule has 1 aromatic carbocycles. The Morgan fingerprint density at radius 1 is 1.19 bits per heavy atom. The number of rotatable bonds is 7. The molecule has 21 heavy (non-hydrogen) atoms. The molecular weight excluding hydrogens is 300 g/mol. The van der Waals surface area contributed by atoms with Gasteiger partial charge in [0.15, 0.2) is 0 Å². The van der Waals surface area contributed by atoms with E-state index in [2.05, 4.69) is 49.5 Å². The van der Waals surface area contributed by atoms with Crippen LogP contribution < -0.4 is 4.74 Å². The zero-order valence-electron chi connectivity index (χ0n) is 13.3. The molecule has 0 saturated carbocycles. The van der Waals surface area contributed by atoms with Crippen LogP contribution >= 0.6 is 23.5 Å². The molecule has 0 aromatic heterocycles. The minimum Gasteiger partial charge on any atom is -0.497 e. The average molecular weight is 327 g/mol. The molecule has 1 heterocycles. The highest BCUT2D eigenvalue weighted by atomic mass is 32.2. The van der Waals surface area contributed by atoms with Gasteiger partial charge in [-0.15, -0.1) is 23.5 Å². The van der Waals surface area contributed by atoms with Crippen LogP contribution in [0.15, 0.2) is 24.3 Å². The van der Waals surface area contributed by atoms with E-state index in [0.29, 0.717) is 16.6 Å². The summed E-state index contributed by atoms with van der Waals surface area (Å²) in [7, 11) is 1.69. The number of hydrogen-bond acceptors (Lipinski definition) is 4. The number of ether oxygens (including phenoxy) is 2. The molecule has 0 N–H and O–H groups in total. The van der Waals surface area contributed by atoms with Gasteiger partial charge in [0.2, 0.25) is 0 Å². The fourth-order valence-corrected chi connectivity index (χ4v) is 5.85. The minimum atomic E-state index is 0.390. The second-order valence-corrected chi connectivity index (χ2v) is 9.31. The first-order chi connectivity index (χ1) is 10.1. The van der Waals surface area contributed by atoms with E-state index in [1.807, 2.05) is 12.1 Å². The summed E-state index contributed by atoms with van der Waals surface area (Å²) < 4.78 is 11.4. The van der Waals surface area contributed by atoms with Gasteiger partial charge >= 0.3 is 0 Å². The third kappa shape index (κ3) is 5.76. The lowest BCUT2D eigenvalue weighted by atomic mass is 10.1. The molecule has 1 aliphatic rings. The summed E-state index contributed by atoms with van der Waals surface area (Å²) in [5.74, 6) is 4.11. The van der Waals surface area contributed by atoms with Gasteiger partial charge in [-0.05, 0) is 54.9 Å². The van der Waals surface area contributed by atoms with E-state index in [4.69, 9.17) is 9.47 Å². The van der Waals surface area contributed by atoms with Crippen molar-refractivity contribution in [2.75, 3.05) is 25.2 Å². The van der Waals surface area contributed by atoms with Gasteiger partial charge in [0.25, 0.3) is 0 Å². The first kappa shape index (κ1) is 17.0. The van der Waals surface area contributed by atoms with Gasteiger partial charge in [-0.3, -0.25) is 0 Å². The quantitative estimate of drug-likeness (QED) is 0.714. The summed E-state index contributed by atoms with van der Waals surface area (Å²) in [5.41, 5.74) is 1.20. The molecule has 0 aliphatic carbocycles. The van der Waals surface area contributed by atoms with Crippen molar-refractivity contribution in [1.29, 1.82) is 0 Å². The van der Waals surface area contributed by atoms with Crippen molar-refractivity contribution in [2.45, 2.75) is 37.4 Å². The lowest BCUT2D eigenvalue weighted by molar-refractivity contribution is 0.0890. The van der Waals surface area contributed by atoms with Gasteiger partial charge in [0, 0.05) is 6.61 Å². The molecule has 0 bridgehead atoms. The molecule has 0 amide bonds. The lowest BCUT2D eigenvalue weighted by Gasteiger charge is -2.34. The molecule has 4 heteroatoms. The number of hydrogen-bond donors (Lipinski definition) is 0. The van der Waals surface area contributed by atoms with Crippen LogP contribution in [0.4, 0.5) is 0 Å². The smallest absolute Gasteiger partial charge is 0.118 e. The van der Waals surface area contributed by atoms with E-state index in [1.165, 1.54) is 29.9 Å². The first-order valence-electron chi connectivity index (χ1n) is 7.60. The standard InChI is InChI=1S/C17H26O2S2/c1-14(11-17(2)20-9-4-10-21-17)12-19-13-15-5-7-16(18-3)8-6-15/h5-8,14H,4,9-13H2,1-3H3/t14-/m0/s1. The highest BCUT2D eigenvalue weighted by Gasteiger charge is 2.30. The van der Waals surface area contributed by atoms with Crippen LogP contribution in [0.5, 0.6) is 5.75 Å². The summed E-state index contributed by atoms with van der Waals surface area (Å²) >= 11 is 4.24. The molecule has 118 valence electrons. The van der Waals surface area contributed by atoms with E-state index >= 15 is 0 Å². The molecule has 1 fully saturated rings. The second kappa shape index (κ2) is 8.35. The van der Waals surface area contributed by atoms with Crippen LogP contribution in [0.2, 0.25) is 0 Å². The van der Waals surface area contributed by atoms with Crippen LogP contribution in [0.1, 0.15) is 32.3 Å². The Kier molecular flexibility index (Phi) is 6.77. The fourth-order valence-electron chi connectivity index (χ4n) is 2.59. The van der Waals surface area contributed by atoms with Crippen molar-refractivity contribution in [3.8, 4) is 5.75 Å². The minimum absolute atomic E-state index is 0.390. The maximum atomic E-state index is 5.88. The molecule has 1 aromatic rings. The van der Waals surface area contributed by atoms with Crippen LogP contribution in [-0.4, -0.2) is 29.3 Å². The zero-order chi connectivity index (χ0) is 15.1. The van der Waals surface area contributed by atoms with Crippen molar-refractivity contribution in [1.82, 2.24) is 0 Å². The van der Waals surface area contributed by atoms with Crippen molar-refractivity contribution >= 4 is 23.5 Å². The summed E-state index contributed by atoms with van der Waals surface area (Å²) in [6.07, 6.45) is 2.58. The fraction of sp³-hybridized carbons (Fsp3) is 0.647. The molecule has 1 aliphatic heterocycles. The molecule has 0 unspecified atom stereocenters. The van der Waals surface area contributed by atoms with E-state index in [1.54, 1.807) is 7.11 Å².